The van der Waals surface area contributed by atoms with Crippen molar-refractivity contribution in [2.24, 2.45) is 0 Å². The lowest BCUT2D eigenvalue weighted by molar-refractivity contribution is -0.383. The highest BCUT2D eigenvalue weighted by molar-refractivity contribution is 6.08. The predicted octanol–water partition coefficient (Wildman–Crippen LogP) is 2.77. The molecule has 3 rings (SSSR count). The van der Waals surface area contributed by atoms with E-state index in [0.29, 0.717) is 0 Å². The van der Waals surface area contributed by atoms with Crippen molar-refractivity contribution in [2.45, 2.75) is 19.4 Å². The Balaban J connectivity index is 2.02. The topological polar surface area (TPSA) is 89.5 Å². The fourth-order valence-corrected chi connectivity index (χ4v) is 2.85. The van der Waals surface area contributed by atoms with Crippen LogP contribution in [-0.4, -0.2) is 16.9 Å². The number of benzene rings is 2. The molecule has 6 nitrogen and oxygen atoms in total. The summed E-state index contributed by atoms with van der Waals surface area (Å²) in [4.78, 5) is 24.9. The second-order valence-corrected chi connectivity index (χ2v) is 5.39. The number of nitrogen functional groups attached to an aromatic ring is 1. The highest BCUT2D eigenvalue weighted by atomic mass is 16.6. The fraction of sp³-hybridized carbons (Fsp3) is 0.188. The van der Waals surface area contributed by atoms with E-state index in [4.69, 9.17) is 5.73 Å². The molecule has 2 aromatic carbocycles. The molecule has 2 aromatic rings. The van der Waals surface area contributed by atoms with Gasteiger partial charge in [-0.1, -0.05) is 18.2 Å². The summed E-state index contributed by atoms with van der Waals surface area (Å²) in [6.07, 6.45) is 0.777. The van der Waals surface area contributed by atoms with Crippen LogP contribution in [0.4, 0.5) is 17.1 Å². The van der Waals surface area contributed by atoms with Crippen LogP contribution in [0.1, 0.15) is 22.8 Å². The molecule has 1 amide bonds. The van der Waals surface area contributed by atoms with Gasteiger partial charge in [0, 0.05) is 23.4 Å². The zero-order valence-electron chi connectivity index (χ0n) is 12.0. The van der Waals surface area contributed by atoms with Gasteiger partial charge >= 0.3 is 0 Å². The van der Waals surface area contributed by atoms with Crippen LogP contribution in [0.3, 0.4) is 0 Å². The van der Waals surface area contributed by atoms with Crippen molar-refractivity contribution < 1.29 is 9.72 Å². The zero-order chi connectivity index (χ0) is 15.9. The minimum absolute atomic E-state index is 0.0153. The third-order valence-corrected chi connectivity index (χ3v) is 3.90. The minimum Gasteiger partial charge on any atom is -0.393 e. The standard InChI is InChI=1S/C16H15N3O3/c1-10-8-11-4-2-3-5-14(11)18(10)16(20)12-6-7-13(17)15(9-12)19(21)22/h2-7,9-10H,8,17H2,1H3. The van der Waals surface area contributed by atoms with Gasteiger partial charge in [-0.2, -0.15) is 0 Å². The summed E-state index contributed by atoms with van der Waals surface area (Å²) >= 11 is 0. The fourth-order valence-electron chi connectivity index (χ4n) is 2.85. The highest BCUT2D eigenvalue weighted by Crippen LogP contribution is 2.34. The number of para-hydroxylation sites is 1. The second-order valence-electron chi connectivity index (χ2n) is 5.39. The van der Waals surface area contributed by atoms with Crippen LogP contribution in [0.5, 0.6) is 0 Å². The first-order chi connectivity index (χ1) is 10.5. The van der Waals surface area contributed by atoms with Gasteiger partial charge in [0.2, 0.25) is 0 Å². The Hall–Kier alpha value is -2.89. The molecule has 0 aliphatic carbocycles. The Morgan fingerprint density at radius 2 is 2.05 bits per heavy atom. The van der Waals surface area contributed by atoms with Gasteiger partial charge in [0.15, 0.2) is 0 Å². The first kappa shape index (κ1) is 14.1. The van der Waals surface area contributed by atoms with Crippen molar-refractivity contribution in [1.82, 2.24) is 0 Å². The van der Waals surface area contributed by atoms with Crippen molar-refractivity contribution in [2.75, 3.05) is 10.6 Å². The van der Waals surface area contributed by atoms with E-state index in [9.17, 15) is 14.9 Å². The number of amides is 1. The maximum atomic E-state index is 12.8. The van der Waals surface area contributed by atoms with Crippen LogP contribution < -0.4 is 10.6 Å². The number of anilines is 2. The second kappa shape index (κ2) is 5.14. The van der Waals surface area contributed by atoms with Crippen molar-refractivity contribution in [3.8, 4) is 0 Å². The van der Waals surface area contributed by atoms with E-state index in [1.807, 2.05) is 31.2 Å². The molecular weight excluding hydrogens is 282 g/mol. The van der Waals surface area contributed by atoms with Gasteiger partial charge in [-0.15, -0.1) is 0 Å². The first-order valence-corrected chi connectivity index (χ1v) is 6.94. The lowest BCUT2D eigenvalue weighted by Crippen LogP contribution is -2.35. The van der Waals surface area contributed by atoms with Gasteiger partial charge in [-0.25, -0.2) is 0 Å². The first-order valence-electron chi connectivity index (χ1n) is 6.94. The van der Waals surface area contributed by atoms with Crippen LogP contribution in [-0.2, 0) is 6.42 Å². The molecule has 0 bridgehead atoms. The highest BCUT2D eigenvalue weighted by Gasteiger charge is 2.31. The van der Waals surface area contributed by atoms with Crippen LogP contribution in [0, 0.1) is 10.1 Å². The van der Waals surface area contributed by atoms with Gasteiger partial charge in [-0.3, -0.25) is 14.9 Å². The number of rotatable bonds is 2. The normalized spacial score (nSPS) is 16.4. The third kappa shape index (κ3) is 2.18. The molecule has 112 valence electrons. The van der Waals surface area contributed by atoms with Crippen molar-refractivity contribution in [1.29, 1.82) is 0 Å². The number of hydrogen-bond donors (Lipinski definition) is 1. The van der Waals surface area contributed by atoms with Crippen LogP contribution in [0.25, 0.3) is 0 Å². The molecule has 0 saturated carbocycles. The van der Waals surface area contributed by atoms with E-state index in [0.717, 1.165) is 17.7 Å². The van der Waals surface area contributed by atoms with E-state index in [1.165, 1.54) is 18.2 Å². The molecule has 0 saturated heterocycles. The molecule has 6 heteroatoms. The summed E-state index contributed by atoms with van der Waals surface area (Å²) in [5.74, 6) is -0.249. The van der Waals surface area contributed by atoms with Crippen molar-refractivity contribution in [3.05, 3.63) is 63.7 Å². The molecule has 0 fully saturated rings. The average molecular weight is 297 g/mol. The van der Waals surface area contributed by atoms with Gasteiger partial charge in [0.25, 0.3) is 11.6 Å². The molecule has 0 radical (unpaired) electrons. The number of fused-ring (bicyclic) bond motifs is 1. The average Bonchev–Trinajstić information content (AvgIpc) is 2.82. The number of nitro benzene ring substituents is 1. The maximum absolute atomic E-state index is 12.8. The Kier molecular flexibility index (Phi) is 3.29. The third-order valence-electron chi connectivity index (χ3n) is 3.90. The molecule has 1 aliphatic rings. The summed E-state index contributed by atoms with van der Waals surface area (Å²) in [6.45, 7) is 1.96. The van der Waals surface area contributed by atoms with E-state index in [2.05, 4.69) is 0 Å². The van der Waals surface area contributed by atoms with Gasteiger partial charge in [0.05, 0.1) is 4.92 Å². The largest absolute Gasteiger partial charge is 0.393 e. The number of nitrogens with two attached hydrogens (primary N) is 1. The predicted molar refractivity (Wildman–Crippen MR) is 83.9 cm³/mol. The maximum Gasteiger partial charge on any atom is 0.292 e. The summed E-state index contributed by atoms with van der Waals surface area (Å²) in [7, 11) is 0. The van der Waals surface area contributed by atoms with Crippen LogP contribution in [0.15, 0.2) is 42.5 Å². The van der Waals surface area contributed by atoms with Crippen molar-refractivity contribution in [3.63, 3.8) is 0 Å². The monoisotopic (exact) mass is 297 g/mol. The smallest absolute Gasteiger partial charge is 0.292 e. The Labute approximate surface area is 127 Å². The van der Waals surface area contributed by atoms with Crippen molar-refractivity contribution >= 4 is 23.0 Å². The van der Waals surface area contributed by atoms with Crippen LogP contribution in [0.2, 0.25) is 0 Å². The lowest BCUT2D eigenvalue weighted by atomic mass is 10.1. The van der Waals surface area contributed by atoms with E-state index >= 15 is 0 Å². The summed E-state index contributed by atoms with van der Waals surface area (Å²) in [5.41, 5.74) is 7.62. The summed E-state index contributed by atoms with van der Waals surface area (Å²) in [5, 5.41) is 11.0. The van der Waals surface area contributed by atoms with Crippen LogP contribution >= 0.6 is 0 Å². The zero-order valence-corrected chi connectivity index (χ0v) is 12.0. The van der Waals surface area contributed by atoms with E-state index in [-0.39, 0.29) is 28.9 Å². The molecule has 1 unspecified atom stereocenters. The Bertz CT molecular complexity index is 773. The van der Waals surface area contributed by atoms with E-state index < -0.39 is 4.92 Å². The lowest BCUT2D eigenvalue weighted by Gasteiger charge is -2.22. The minimum atomic E-state index is -0.576. The molecule has 1 heterocycles. The number of nitro groups is 1. The number of carbonyl (C=O) groups excluding carboxylic acids is 1. The molecule has 1 aliphatic heterocycles. The van der Waals surface area contributed by atoms with Gasteiger partial charge < -0.3 is 10.6 Å². The summed E-state index contributed by atoms with van der Waals surface area (Å²) in [6, 6.07) is 11.9. The molecular formula is C16H15N3O3. The SMILES string of the molecule is CC1Cc2ccccc2N1C(=O)c1ccc(N)c([N+](=O)[O-])c1. The van der Waals surface area contributed by atoms with Gasteiger partial charge in [0.1, 0.15) is 5.69 Å². The molecule has 0 aromatic heterocycles. The number of hydrogen-bond acceptors (Lipinski definition) is 4. The van der Waals surface area contributed by atoms with E-state index in [1.54, 1.807) is 4.90 Å². The summed E-state index contributed by atoms with van der Waals surface area (Å²) < 4.78 is 0. The molecule has 2 N–H and O–H groups in total. The quantitative estimate of drug-likeness (QED) is 0.524. The number of nitrogens with zero attached hydrogens (tertiary/aromatic N) is 2. The Morgan fingerprint density at radius 3 is 2.77 bits per heavy atom. The molecule has 0 spiro atoms. The Morgan fingerprint density at radius 1 is 1.32 bits per heavy atom. The van der Waals surface area contributed by atoms with Gasteiger partial charge in [-0.05, 0) is 37.1 Å². The number of carbonyl (C=O) groups is 1. The molecule has 1 atom stereocenters. The molecule has 22 heavy (non-hydrogen) atoms.